The molecule has 0 bridgehead atoms. The topological polar surface area (TPSA) is 41.3 Å². The van der Waals surface area contributed by atoms with Crippen LogP contribution in [0.1, 0.15) is 63.3 Å². The van der Waals surface area contributed by atoms with Gasteiger partial charge in [0.25, 0.3) is 6.71 Å². The summed E-state index contributed by atoms with van der Waals surface area (Å²) in [5.74, 6) is 2.33. The number of para-hydroxylation sites is 3. The zero-order valence-electron chi connectivity index (χ0n) is 49.4. The summed E-state index contributed by atoms with van der Waals surface area (Å²) in [6.07, 6.45) is 0.809. The molecule has 0 saturated heterocycles. The number of rotatable bonds is 8. The molecule has 1 aromatic heterocycles. The number of benzene rings is 11. The molecule has 86 heavy (non-hydrogen) atoms. The number of hydrogen-bond acceptors (Lipinski definition) is 6. The van der Waals surface area contributed by atoms with Crippen LogP contribution in [-0.2, 0) is 10.8 Å². The highest BCUT2D eigenvalue weighted by molar-refractivity contribution is 7.00. The van der Waals surface area contributed by atoms with Crippen LogP contribution in [0.15, 0.2) is 247 Å². The minimum absolute atomic E-state index is 0.136. The van der Waals surface area contributed by atoms with Crippen molar-refractivity contribution in [2.24, 2.45) is 0 Å². The predicted octanol–water partition coefficient (Wildman–Crippen LogP) is 19.1. The SMILES string of the molecule is Cc1cc2c3c(c1)N(c1cc4c(cc1-c1ccccc1)OCCCO4)c1ccc(C(C)(C)C)cc1B3c1ccc(N(c3ccccc3)c3ccccc3)cc1N2c1cc(-c2ccc3c(c2)C(C)(C)c2ccccc2-3)cc(-c2cc3ccccc3o2)c1. The van der Waals surface area contributed by atoms with E-state index < -0.39 is 0 Å². The first-order valence-electron chi connectivity index (χ1n) is 30.2. The molecule has 0 amide bonds. The third-order valence-electron chi connectivity index (χ3n) is 18.3. The Balaban J connectivity index is 0.999. The van der Waals surface area contributed by atoms with E-state index in [-0.39, 0.29) is 17.5 Å². The Labute approximate surface area is 504 Å². The molecule has 11 aromatic carbocycles. The number of nitrogens with zero attached hydrogens (tertiary/aromatic N) is 3. The van der Waals surface area contributed by atoms with E-state index in [4.69, 9.17) is 13.9 Å². The molecule has 0 spiro atoms. The van der Waals surface area contributed by atoms with Gasteiger partial charge in [0.15, 0.2) is 11.5 Å². The average molecular weight is 1110 g/mol. The Morgan fingerprint density at radius 2 is 1.12 bits per heavy atom. The second kappa shape index (κ2) is 19.8. The van der Waals surface area contributed by atoms with E-state index in [2.05, 4.69) is 299 Å². The van der Waals surface area contributed by atoms with Crippen molar-refractivity contribution in [1.82, 2.24) is 0 Å². The van der Waals surface area contributed by atoms with Gasteiger partial charge < -0.3 is 28.6 Å². The lowest BCUT2D eigenvalue weighted by atomic mass is 9.33. The van der Waals surface area contributed by atoms with Crippen molar-refractivity contribution in [3.63, 3.8) is 0 Å². The molecule has 1 aliphatic carbocycles. The number of hydrogen-bond donors (Lipinski definition) is 0. The molecule has 16 rings (SSSR count). The van der Waals surface area contributed by atoms with Crippen molar-refractivity contribution < 1.29 is 13.9 Å². The molecule has 3 aliphatic heterocycles. The molecule has 416 valence electrons. The van der Waals surface area contributed by atoms with Crippen LogP contribution in [0.3, 0.4) is 0 Å². The van der Waals surface area contributed by atoms with E-state index in [0.717, 1.165) is 119 Å². The molecule has 4 aliphatic rings. The smallest absolute Gasteiger partial charge is 0.252 e. The second-order valence-corrected chi connectivity index (χ2v) is 25.2. The molecular weight excluding hydrogens is 1050 g/mol. The highest BCUT2D eigenvalue weighted by Gasteiger charge is 2.45. The van der Waals surface area contributed by atoms with Gasteiger partial charge in [-0.2, -0.15) is 0 Å². The van der Waals surface area contributed by atoms with Crippen molar-refractivity contribution in [1.29, 1.82) is 0 Å². The van der Waals surface area contributed by atoms with Crippen molar-refractivity contribution in [2.75, 3.05) is 27.9 Å². The fourth-order valence-corrected chi connectivity index (χ4v) is 14.2. The van der Waals surface area contributed by atoms with Crippen LogP contribution in [0.4, 0.5) is 51.2 Å². The molecule has 12 aromatic rings. The molecule has 0 unspecified atom stereocenters. The van der Waals surface area contributed by atoms with Crippen LogP contribution in [0.5, 0.6) is 11.5 Å². The third kappa shape index (κ3) is 8.38. The number of fused-ring (bicyclic) bond motifs is 9. The van der Waals surface area contributed by atoms with Crippen molar-refractivity contribution in [3.8, 4) is 56.2 Å². The van der Waals surface area contributed by atoms with Gasteiger partial charge in [0.05, 0.1) is 18.9 Å². The quantitative estimate of drug-likeness (QED) is 0.141. The predicted molar refractivity (Wildman–Crippen MR) is 358 cm³/mol. The Morgan fingerprint density at radius 3 is 1.86 bits per heavy atom. The zero-order chi connectivity index (χ0) is 58.0. The molecule has 0 saturated carbocycles. The lowest BCUT2D eigenvalue weighted by Crippen LogP contribution is -2.61. The molecule has 4 heterocycles. The lowest BCUT2D eigenvalue weighted by Gasteiger charge is -2.45. The van der Waals surface area contributed by atoms with Crippen LogP contribution in [-0.4, -0.2) is 19.9 Å². The fraction of sp³-hybridized carbons (Fsp3) is 0.139. The molecular formula is C79H64BN3O3. The Hall–Kier alpha value is -9.98. The minimum Gasteiger partial charge on any atom is -0.490 e. The average Bonchev–Trinajstić information content (AvgIpc) is 0.887. The first-order chi connectivity index (χ1) is 41.9. The van der Waals surface area contributed by atoms with Crippen LogP contribution >= 0.6 is 0 Å². The summed E-state index contributed by atoms with van der Waals surface area (Å²) in [6.45, 7) is 15.0. The first-order valence-corrected chi connectivity index (χ1v) is 30.2. The zero-order valence-corrected chi connectivity index (χ0v) is 49.4. The summed E-state index contributed by atoms with van der Waals surface area (Å²) in [5, 5.41) is 1.06. The van der Waals surface area contributed by atoms with Gasteiger partial charge in [0, 0.05) is 79.9 Å². The third-order valence-corrected chi connectivity index (χ3v) is 18.3. The highest BCUT2D eigenvalue weighted by Crippen LogP contribution is 2.54. The monoisotopic (exact) mass is 1110 g/mol. The normalized spacial score (nSPS) is 14.2. The van der Waals surface area contributed by atoms with E-state index in [1.807, 2.05) is 0 Å². The minimum atomic E-state index is -0.186. The van der Waals surface area contributed by atoms with E-state index in [9.17, 15) is 0 Å². The summed E-state index contributed by atoms with van der Waals surface area (Å²) in [5.41, 5.74) is 27.1. The molecule has 0 fully saturated rings. The Bertz CT molecular complexity index is 4600. The molecule has 0 N–H and O–H groups in total. The number of anilines is 9. The van der Waals surface area contributed by atoms with Crippen LogP contribution in [0, 0.1) is 6.92 Å². The molecule has 6 nitrogen and oxygen atoms in total. The van der Waals surface area contributed by atoms with Gasteiger partial charge in [0.2, 0.25) is 0 Å². The van der Waals surface area contributed by atoms with Crippen molar-refractivity contribution >= 4 is 85.3 Å². The van der Waals surface area contributed by atoms with Gasteiger partial charge in [0.1, 0.15) is 11.3 Å². The second-order valence-electron chi connectivity index (χ2n) is 25.2. The van der Waals surface area contributed by atoms with Crippen LogP contribution < -0.4 is 40.6 Å². The largest absolute Gasteiger partial charge is 0.490 e. The number of furan rings is 1. The van der Waals surface area contributed by atoms with Gasteiger partial charge in [-0.15, -0.1) is 0 Å². The van der Waals surface area contributed by atoms with E-state index in [0.29, 0.717) is 13.2 Å². The maximum Gasteiger partial charge on any atom is 0.252 e. The van der Waals surface area contributed by atoms with Crippen molar-refractivity contribution in [3.05, 3.63) is 265 Å². The molecule has 7 heteroatoms. The maximum absolute atomic E-state index is 6.89. The van der Waals surface area contributed by atoms with E-state index in [1.54, 1.807) is 0 Å². The maximum atomic E-state index is 6.89. The van der Waals surface area contributed by atoms with Gasteiger partial charge in [-0.05, 0) is 176 Å². The van der Waals surface area contributed by atoms with Gasteiger partial charge in [-0.1, -0.05) is 174 Å². The summed E-state index contributed by atoms with van der Waals surface area (Å²) < 4.78 is 20.0. The number of ether oxygens (including phenoxy) is 2. The van der Waals surface area contributed by atoms with E-state index in [1.165, 1.54) is 44.2 Å². The Kier molecular flexibility index (Phi) is 11.9. The summed E-state index contributed by atoms with van der Waals surface area (Å²) in [7, 11) is 0. The van der Waals surface area contributed by atoms with Gasteiger partial charge >= 0.3 is 0 Å². The van der Waals surface area contributed by atoms with E-state index >= 15 is 0 Å². The summed E-state index contributed by atoms with van der Waals surface area (Å²) in [6, 6.07) is 89.7. The summed E-state index contributed by atoms with van der Waals surface area (Å²) in [4.78, 5) is 7.49. The molecule has 0 atom stereocenters. The lowest BCUT2D eigenvalue weighted by molar-refractivity contribution is 0.297. The standard InChI is InChI=1S/C79H64BN3O3/c1-50-39-71-77-72(40-50)83(69-49-76-75(84-37-20-38-85-76)48-63(69)51-21-10-7-11-22-51)68-36-32-56(78(2,3)4)46-67(68)80(77)66-35-33-59(81(57-24-12-8-13-25-57)58-26-14-9-15-27-58)47-70(66)82(71)60-42-54(41-55(43-60)74-45-53-23-16-19-30-73(53)86-74)52-31-34-62-61-28-17-18-29-64(61)79(5,6)65(62)44-52/h7-19,21-36,39-49H,20,37-38H2,1-6H3. The highest BCUT2D eigenvalue weighted by atomic mass is 16.5. The van der Waals surface area contributed by atoms with Gasteiger partial charge in [-0.3, -0.25) is 0 Å². The molecule has 0 radical (unpaired) electrons. The van der Waals surface area contributed by atoms with Crippen molar-refractivity contribution in [2.45, 2.75) is 58.8 Å². The van der Waals surface area contributed by atoms with Crippen LogP contribution in [0.25, 0.3) is 55.7 Å². The Morgan fingerprint density at radius 1 is 0.453 bits per heavy atom. The summed E-state index contributed by atoms with van der Waals surface area (Å²) >= 11 is 0. The van der Waals surface area contributed by atoms with Crippen LogP contribution in [0.2, 0.25) is 0 Å². The van der Waals surface area contributed by atoms with Gasteiger partial charge in [-0.25, -0.2) is 0 Å². The fourth-order valence-electron chi connectivity index (χ4n) is 14.2. The number of aryl methyl sites for hydroxylation is 1. The first kappa shape index (κ1) is 51.6.